The highest BCUT2D eigenvalue weighted by Crippen LogP contribution is 2.15. The Morgan fingerprint density at radius 2 is 2.24 bits per heavy atom. The van der Waals surface area contributed by atoms with Crippen LogP contribution in [0.4, 0.5) is 0 Å². The molecule has 2 unspecified atom stereocenters. The van der Waals surface area contributed by atoms with E-state index >= 15 is 0 Å². The first-order valence-corrected chi connectivity index (χ1v) is 6.58. The molecule has 1 aliphatic rings. The van der Waals surface area contributed by atoms with Crippen LogP contribution in [0.25, 0.3) is 0 Å². The first-order chi connectivity index (χ1) is 8.00. The number of carbonyl (C=O) groups is 1. The van der Waals surface area contributed by atoms with Crippen molar-refractivity contribution in [2.45, 2.75) is 39.2 Å². The lowest BCUT2D eigenvalue weighted by atomic mass is 10.00. The molecule has 1 amide bonds. The zero-order valence-electron chi connectivity index (χ0n) is 11.3. The molecule has 1 fully saturated rings. The molecule has 0 spiro atoms. The molecule has 0 saturated carbocycles. The number of nitrogens with zero attached hydrogens (tertiary/aromatic N) is 1. The van der Waals surface area contributed by atoms with E-state index in [1.807, 2.05) is 25.8 Å². The molecule has 1 saturated heterocycles. The Hall–Kier alpha value is -0.610. The van der Waals surface area contributed by atoms with E-state index in [4.69, 9.17) is 10.5 Å². The maximum atomic E-state index is 11.9. The van der Waals surface area contributed by atoms with Crippen LogP contribution >= 0.6 is 0 Å². The highest BCUT2D eigenvalue weighted by Gasteiger charge is 2.20. The van der Waals surface area contributed by atoms with E-state index in [1.54, 1.807) is 0 Å². The van der Waals surface area contributed by atoms with Crippen LogP contribution in [0.1, 0.15) is 33.1 Å². The van der Waals surface area contributed by atoms with Gasteiger partial charge >= 0.3 is 0 Å². The summed E-state index contributed by atoms with van der Waals surface area (Å²) in [4.78, 5) is 13.7. The van der Waals surface area contributed by atoms with Crippen LogP contribution in [-0.4, -0.2) is 43.7 Å². The average molecular weight is 242 g/mol. The van der Waals surface area contributed by atoms with Crippen molar-refractivity contribution in [3.63, 3.8) is 0 Å². The molecular formula is C13H26N2O2. The number of hydrogen-bond acceptors (Lipinski definition) is 3. The second kappa shape index (κ2) is 6.97. The molecular weight excluding hydrogens is 216 g/mol. The van der Waals surface area contributed by atoms with Crippen LogP contribution in [-0.2, 0) is 9.53 Å². The molecule has 1 rings (SSSR count). The van der Waals surface area contributed by atoms with Gasteiger partial charge in [-0.05, 0) is 24.7 Å². The Morgan fingerprint density at radius 1 is 1.53 bits per heavy atom. The van der Waals surface area contributed by atoms with Gasteiger partial charge in [0.15, 0.2) is 0 Å². The fraction of sp³-hybridized carbons (Fsp3) is 0.923. The van der Waals surface area contributed by atoms with Crippen molar-refractivity contribution in [2.75, 3.05) is 26.8 Å². The minimum absolute atomic E-state index is 0.0347. The van der Waals surface area contributed by atoms with Crippen LogP contribution in [0.15, 0.2) is 0 Å². The van der Waals surface area contributed by atoms with Crippen LogP contribution < -0.4 is 5.73 Å². The van der Waals surface area contributed by atoms with Gasteiger partial charge in [0, 0.05) is 32.7 Å². The van der Waals surface area contributed by atoms with E-state index in [-0.39, 0.29) is 11.9 Å². The number of carbonyl (C=O) groups excluding carboxylic acids is 1. The first kappa shape index (κ1) is 14.5. The molecule has 0 aromatic heterocycles. The van der Waals surface area contributed by atoms with E-state index in [1.165, 1.54) is 0 Å². The first-order valence-electron chi connectivity index (χ1n) is 6.58. The van der Waals surface area contributed by atoms with Gasteiger partial charge in [0.2, 0.25) is 5.91 Å². The molecule has 100 valence electrons. The number of hydrogen-bond donors (Lipinski definition) is 1. The monoisotopic (exact) mass is 242 g/mol. The van der Waals surface area contributed by atoms with Crippen LogP contribution in [0.3, 0.4) is 0 Å². The number of nitrogens with two attached hydrogens (primary N) is 1. The standard InChI is InChI=1S/C13H26N2O2/c1-10(2)12(14)7-13(16)15(3)8-11-5-4-6-17-9-11/h10-12H,4-9,14H2,1-3H3. The smallest absolute Gasteiger partial charge is 0.223 e. The summed E-state index contributed by atoms with van der Waals surface area (Å²) in [6.45, 7) is 6.55. The molecule has 2 atom stereocenters. The lowest BCUT2D eigenvalue weighted by Gasteiger charge is -2.28. The topological polar surface area (TPSA) is 55.6 Å². The third-order valence-corrected chi connectivity index (χ3v) is 3.48. The number of rotatable bonds is 5. The summed E-state index contributed by atoms with van der Waals surface area (Å²) in [5.74, 6) is 0.995. The second-order valence-corrected chi connectivity index (χ2v) is 5.47. The summed E-state index contributed by atoms with van der Waals surface area (Å²) >= 11 is 0. The van der Waals surface area contributed by atoms with Gasteiger partial charge in [-0.3, -0.25) is 4.79 Å². The average Bonchev–Trinajstić information content (AvgIpc) is 2.29. The summed E-state index contributed by atoms with van der Waals surface area (Å²) in [6, 6.07) is -0.0347. The van der Waals surface area contributed by atoms with E-state index in [0.717, 1.165) is 32.6 Å². The molecule has 1 aliphatic heterocycles. The quantitative estimate of drug-likeness (QED) is 0.789. The van der Waals surface area contributed by atoms with Crippen LogP contribution in [0, 0.1) is 11.8 Å². The minimum atomic E-state index is -0.0347. The fourth-order valence-corrected chi connectivity index (χ4v) is 2.03. The van der Waals surface area contributed by atoms with Gasteiger partial charge in [-0.15, -0.1) is 0 Å². The van der Waals surface area contributed by atoms with Gasteiger partial charge in [-0.1, -0.05) is 13.8 Å². The summed E-state index contributed by atoms with van der Waals surface area (Å²) in [6.07, 6.45) is 2.72. The Balaban J connectivity index is 2.30. The molecule has 0 aromatic rings. The molecule has 2 N–H and O–H groups in total. The predicted octanol–water partition coefficient (Wildman–Crippen LogP) is 1.24. The Morgan fingerprint density at radius 3 is 2.76 bits per heavy atom. The zero-order valence-corrected chi connectivity index (χ0v) is 11.3. The van der Waals surface area contributed by atoms with Gasteiger partial charge in [-0.2, -0.15) is 0 Å². The highest BCUT2D eigenvalue weighted by molar-refractivity contribution is 5.76. The number of amides is 1. The molecule has 0 bridgehead atoms. The summed E-state index contributed by atoms with van der Waals surface area (Å²) in [5.41, 5.74) is 5.92. The third kappa shape index (κ3) is 5.04. The van der Waals surface area contributed by atoms with Crippen LogP contribution in [0.5, 0.6) is 0 Å². The van der Waals surface area contributed by atoms with Crippen molar-refractivity contribution in [2.24, 2.45) is 17.6 Å². The van der Waals surface area contributed by atoms with Gasteiger partial charge in [0.1, 0.15) is 0 Å². The van der Waals surface area contributed by atoms with Gasteiger partial charge in [0.25, 0.3) is 0 Å². The molecule has 0 aromatic carbocycles. The second-order valence-electron chi connectivity index (χ2n) is 5.47. The molecule has 0 radical (unpaired) electrons. The van der Waals surface area contributed by atoms with Crippen molar-refractivity contribution in [3.05, 3.63) is 0 Å². The van der Waals surface area contributed by atoms with Gasteiger partial charge in [0.05, 0.1) is 6.61 Å². The van der Waals surface area contributed by atoms with E-state index in [0.29, 0.717) is 18.3 Å². The molecule has 1 heterocycles. The maximum Gasteiger partial charge on any atom is 0.223 e. The van der Waals surface area contributed by atoms with E-state index < -0.39 is 0 Å². The lowest BCUT2D eigenvalue weighted by Crippen LogP contribution is -2.39. The van der Waals surface area contributed by atoms with E-state index in [2.05, 4.69) is 0 Å². The van der Waals surface area contributed by atoms with Crippen molar-refractivity contribution in [3.8, 4) is 0 Å². The van der Waals surface area contributed by atoms with E-state index in [9.17, 15) is 4.79 Å². The lowest BCUT2D eigenvalue weighted by molar-refractivity contribution is -0.131. The van der Waals surface area contributed by atoms with Crippen molar-refractivity contribution < 1.29 is 9.53 Å². The predicted molar refractivity (Wildman–Crippen MR) is 68.6 cm³/mol. The molecule has 0 aliphatic carbocycles. The molecule has 4 nitrogen and oxygen atoms in total. The fourth-order valence-electron chi connectivity index (χ4n) is 2.03. The third-order valence-electron chi connectivity index (χ3n) is 3.48. The molecule has 17 heavy (non-hydrogen) atoms. The van der Waals surface area contributed by atoms with Crippen molar-refractivity contribution in [1.82, 2.24) is 4.90 Å². The summed E-state index contributed by atoms with van der Waals surface area (Å²) < 4.78 is 5.42. The highest BCUT2D eigenvalue weighted by atomic mass is 16.5. The summed E-state index contributed by atoms with van der Waals surface area (Å²) in [5, 5.41) is 0. The van der Waals surface area contributed by atoms with Crippen LogP contribution in [0.2, 0.25) is 0 Å². The molecule has 4 heteroatoms. The van der Waals surface area contributed by atoms with Gasteiger partial charge < -0.3 is 15.4 Å². The number of ether oxygens (including phenoxy) is 1. The Kier molecular flexibility index (Phi) is 5.92. The van der Waals surface area contributed by atoms with Crippen molar-refractivity contribution in [1.29, 1.82) is 0 Å². The minimum Gasteiger partial charge on any atom is -0.381 e. The zero-order chi connectivity index (χ0) is 12.8. The normalized spacial score (nSPS) is 22.5. The largest absolute Gasteiger partial charge is 0.381 e. The summed E-state index contributed by atoms with van der Waals surface area (Å²) in [7, 11) is 1.87. The van der Waals surface area contributed by atoms with Gasteiger partial charge in [-0.25, -0.2) is 0 Å². The SMILES string of the molecule is CC(C)C(N)CC(=O)N(C)CC1CCCOC1. The maximum absolute atomic E-state index is 11.9. The Bertz CT molecular complexity index is 238. The van der Waals surface area contributed by atoms with Crippen molar-refractivity contribution >= 4 is 5.91 Å². The Labute approximate surface area is 104 Å².